The van der Waals surface area contributed by atoms with Crippen molar-refractivity contribution in [1.29, 1.82) is 0 Å². The molecule has 0 bridgehead atoms. The number of halogens is 1. The Morgan fingerprint density at radius 1 is 1.09 bits per heavy atom. The summed E-state index contributed by atoms with van der Waals surface area (Å²) in [7, 11) is 1.50. The maximum Gasteiger partial charge on any atom is 0.328 e. The zero-order valence-electron chi connectivity index (χ0n) is 25.3. The van der Waals surface area contributed by atoms with Crippen molar-refractivity contribution in [3.05, 3.63) is 53.6 Å². The first-order chi connectivity index (χ1) is 19.9. The van der Waals surface area contributed by atoms with Crippen LogP contribution in [0.15, 0.2) is 42.5 Å². The molecule has 1 saturated carbocycles. The lowest BCUT2D eigenvalue weighted by atomic mass is 10.0. The Hall–Kier alpha value is -3.83. The van der Waals surface area contributed by atoms with Gasteiger partial charge in [0, 0.05) is 24.8 Å². The van der Waals surface area contributed by atoms with Crippen molar-refractivity contribution in [3.63, 3.8) is 0 Å². The molecule has 2 atom stereocenters. The number of aliphatic carboxylic acids is 1. The minimum absolute atomic E-state index is 0. The molecule has 0 aromatic heterocycles. The van der Waals surface area contributed by atoms with Crippen LogP contribution in [-0.4, -0.2) is 70.1 Å². The van der Waals surface area contributed by atoms with Crippen LogP contribution < -0.4 is 20.7 Å². The van der Waals surface area contributed by atoms with Gasteiger partial charge in [-0.25, -0.2) is 9.59 Å². The number of benzene rings is 2. The average Bonchev–Trinajstić information content (AvgIpc) is 3.73. The smallest absolute Gasteiger partial charge is 0.328 e. The number of imide groups is 1. The fourth-order valence-electron chi connectivity index (χ4n) is 5.25. The maximum absolute atomic E-state index is 13.8. The van der Waals surface area contributed by atoms with E-state index in [1.165, 1.54) is 12.0 Å². The molecule has 1 saturated heterocycles. The van der Waals surface area contributed by atoms with Crippen molar-refractivity contribution in [2.45, 2.75) is 77.5 Å². The van der Waals surface area contributed by atoms with Crippen LogP contribution in [0.3, 0.4) is 0 Å². The van der Waals surface area contributed by atoms with Gasteiger partial charge in [0.15, 0.2) is 0 Å². The summed E-state index contributed by atoms with van der Waals surface area (Å²) >= 11 is 0. The highest BCUT2D eigenvalue weighted by molar-refractivity contribution is 6.07. The third-order valence-electron chi connectivity index (χ3n) is 7.95. The van der Waals surface area contributed by atoms with Gasteiger partial charge in [-0.3, -0.25) is 14.5 Å². The van der Waals surface area contributed by atoms with Gasteiger partial charge < -0.3 is 30.7 Å². The van der Waals surface area contributed by atoms with Gasteiger partial charge in [0.2, 0.25) is 0 Å². The number of carbonyl (C=O) groups is 4. The number of nitrogens with zero attached hydrogens (tertiary/aromatic N) is 2. The summed E-state index contributed by atoms with van der Waals surface area (Å²) in [6.07, 6.45) is 2.77. The van der Waals surface area contributed by atoms with E-state index < -0.39 is 17.5 Å². The van der Waals surface area contributed by atoms with Crippen LogP contribution in [0.2, 0.25) is 0 Å². The largest absolute Gasteiger partial charge is 0.495 e. The first kappa shape index (κ1) is 33.7. The lowest BCUT2D eigenvalue weighted by molar-refractivity contribution is -0.137. The fourth-order valence-corrected chi connectivity index (χ4v) is 5.25. The van der Waals surface area contributed by atoms with Crippen molar-refractivity contribution in [2.24, 2.45) is 5.92 Å². The number of carbonyl (C=O) groups excluding carboxylic acids is 3. The number of carboxylic acids is 1. The topological polar surface area (TPSA) is 140 Å². The van der Waals surface area contributed by atoms with Gasteiger partial charge in [0.1, 0.15) is 11.3 Å². The summed E-state index contributed by atoms with van der Waals surface area (Å²) in [5.74, 6) is -0.304. The predicted octanol–water partition coefficient (Wildman–Crippen LogP) is 5.23. The summed E-state index contributed by atoms with van der Waals surface area (Å²) in [5.41, 5.74) is 1.74. The Bertz CT molecular complexity index is 1350. The maximum atomic E-state index is 13.8. The van der Waals surface area contributed by atoms with Gasteiger partial charge in [-0.15, -0.1) is 12.4 Å². The Morgan fingerprint density at radius 2 is 1.77 bits per heavy atom. The number of anilines is 2. The molecule has 12 heteroatoms. The van der Waals surface area contributed by atoms with E-state index >= 15 is 0 Å². The van der Waals surface area contributed by atoms with E-state index in [0.717, 1.165) is 24.0 Å². The molecule has 2 unspecified atom stereocenters. The van der Waals surface area contributed by atoms with Gasteiger partial charge >= 0.3 is 18.0 Å². The lowest BCUT2D eigenvalue weighted by Crippen LogP contribution is -2.49. The Labute approximate surface area is 258 Å². The minimum atomic E-state index is -1.08. The first-order valence-electron chi connectivity index (χ1n) is 14.3. The minimum Gasteiger partial charge on any atom is -0.495 e. The highest BCUT2D eigenvalue weighted by Gasteiger charge is 2.53. The second-order valence-corrected chi connectivity index (χ2v) is 11.8. The third-order valence-corrected chi connectivity index (χ3v) is 7.95. The highest BCUT2D eigenvalue weighted by Crippen LogP contribution is 2.38. The molecule has 2 aromatic carbocycles. The molecule has 2 aromatic rings. The molecule has 1 aliphatic carbocycles. The zero-order valence-corrected chi connectivity index (χ0v) is 26.1. The molecule has 0 spiro atoms. The van der Waals surface area contributed by atoms with E-state index in [1.54, 1.807) is 43.9 Å². The summed E-state index contributed by atoms with van der Waals surface area (Å²) < 4.78 is 5.54. The van der Waals surface area contributed by atoms with Gasteiger partial charge in [0.05, 0.1) is 25.3 Å². The van der Waals surface area contributed by atoms with Crippen LogP contribution >= 0.6 is 12.4 Å². The van der Waals surface area contributed by atoms with E-state index in [0.29, 0.717) is 36.0 Å². The molecule has 234 valence electrons. The summed E-state index contributed by atoms with van der Waals surface area (Å²) in [4.78, 5) is 54.1. The number of nitrogens with one attached hydrogen (secondary N) is 3. The van der Waals surface area contributed by atoms with Crippen molar-refractivity contribution in [2.75, 3.05) is 24.3 Å². The summed E-state index contributed by atoms with van der Waals surface area (Å²) in [6, 6.07) is 11.3. The quantitative estimate of drug-likeness (QED) is 0.226. The summed E-state index contributed by atoms with van der Waals surface area (Å²) in [6.45, 7) is 7.67. The van der Waals surface area contributed by atoms with E-state index in [4.69, 9.17) is 9.84 Å². The highest BCUT2D eigenvalue weighted by atomic mass is 35.5. The number of hydrogen-bond donors (Lipinski definition) is 4. The standard InChI is InChI=1S/C31H41N5O6.ClH/c1-19-8-6-7-9-24(19)33-29(40)34-25-13-12-22(16-26(25)42-5)18-35-30(41)36(28(39)31(35,3)4)23(15-21-10-11-21)17-32-20(2)14-27(37)38;/h6-9,12-13,16,20-21,23,32H,10-11,14-15,17-18H2,1-5H3,(H,37,38)(H2,33,34,40);1H. The Balaban J connectivity index is 0.00000506. The molecule has 43 heavy (non-hydrogen) atoms. The monoisotopic (exact) mass is 615 g/mol. The predicted molar refractivity (Wildman–Crippen MR) is 167 cm³/mol. The molecule has 1 aliphatic heterocycles. The summed E-state index contributed by atoms with van der Waals surface area (Å²) in [5, 5.41) is 18.0. The number of hydrogen-bond acceptors (Lipinski definition) is 6. The molecular weight excluding hydrogens is 574 g/mol. The van der Waals surface area contributed by atoms with Crippen LogP contribution in [0.1, 0.15) is 57.6 Å². The average molecular weight is 616 g/mol. The van der Waals surface area contributed by atoms with E-state index in [-0.39, 0.29) is 49.4 Å². The van der Waals surface area contributed by atoms with Crippen LogP contribution in [-0.2, 0) is 16.1 Å². The molecule has 5 amide bonds. The molecule has 4 rings (SSSR count). The number of rotatable bonds is 13. The SMILES string of the molecule is COc1cc(CN2C(=O)N(C(CNC(C)CC(=O)O)CC3CC3)C(=O)C2(C)C)ccc1NC(=O)Nc1ccccc1C.Cl. The van der Waals surface area contributed by atoms with E-state index in [9.17, 15) is 19.2 Å². The number of carboxylic acid groups (broad SMARTS) is 1. The number of para-hydroxylation sites is 1. The van der Waals surface area contributed by atoms with Crippen molar-refractivity contribution in [3.8, 4) is 5.75 Å². The second-order valence-electron chi connectivity index (χ2n) is 11.8. The van der Waals surface area contributed by atoms with Gasteiger partial charge in [0.25, 0.3) is 5.91 Å². The van der Waals surface area contributed by atoms with Crippen LogP contribution in [0.25, 0.3) is 0 Å². The van der Waals surface area contributed by atoms with Gasteiger partial charge in [-0.05, 0) is 69.4 Å². The van der Waals surface area contributed by atoms with Crippen molar-refractivity contribution >= 4 is 47.7 Å². The van der Waals surface area contributed by atoms with Crippen LogP contribution in [0, 0.1) is 12.8 Å². The van der Waals surface area contributed by atoms with Gasteiger partial charge in [-0.1, -0.05) is 37.1 Å². The number of urea groups is 2. The Kier molecular flexibility index (Phi) is 11.0. The molecule has 11 nitrogen and oxygen atoms in total. The Morgan fingerprint density at radius 3 is 2.40 bits per heavy atom. The number of ether oxygens (including phenoxy) is 1. The van der Waals surface area contributed by atoms with Crippen molar-refractivity contribution < 1.29 is 29.0 Å². The van der Waals surface area contributed by atoms with Crippen LogP contribution in [0.5, 0.6) is 5.75 Å². The molecule has 2 aliphatic rings. The number of aryl methyl sites for hydroxylation is 1. The second kappa shape index (κ2) is 14.1. The lowest BCUT2D eigenvalue weighted by Gasteiger charge is -2.28. The van der Waals surface area contributed by atoms with E-state index in [1.807, 2.05) is 31.2 Å². The first-order valence-corrected chi connectivity index (χ1v) is 14.3. The number of amides is 5. The van der Waals surface area contributed by atoms with Crippen molar-refractivity contribution in [1.82, 2.24) is 15.1 Å². The van der Waals surface area contributed by atoms with Gasteiger partial charge in [-0.2, -0.15) is 0 Å². The normalized spacial score (nSPS) is 17.2. The van der Waals surface area contributed by atoms with E-state index in [2.05, 4.69) is 16.0 Å². The third kappa shape index (κ3) is 8.17. The molecular formula is C31H42ClN5O6. The van der Waals surface area contributed by atoms with Crippen LogP contribution in [0.4, 0.5) is 21.0 Å². The molecule has 2 fully saturated rings. The molecule has 1 heterocycles. The molecule has 0 radical (unpaired) electrons. The fraction of sp³-hybridized carbons (Fsp3) is 0.484. The number of methoxy groups -OCH3 is 1. The zero-order chi connectivity index (χ0) is 30.6. The molecule has 4 N–H and O–H groups in total.